The highest BCUT2D eigenvalue weighted by Crippen LogP contribution is 2.24. The fourth-order valence-electron chi connectivity index (χ4n) is 3.10. The minimum atomic E-state index is -0.0378. The average Bonchev–Trinajstić information content (AvgIpc) is 2.53. The maximum absolute atomic E-state index is 12.8. The third kappa shape index (κ3) is 2.94. The molecule has 1 aliphatic heterocycles. The molecule has 2 atom stereocenters. The van der Waals surface area contributed by atoms with Crippen LogP contribution in [0.2, 0.25) is 5.02 Å². The first-order valence-electron chi connectivity index (χ1n) is 7.66. The van der Waals surface area contributed by atoms with Gasteiger partial charge in [0.05, 0.1) is 5.52 Å². The fourth-order valence-corrected chi connectivity index (χ4v) is 3.27. The van der Waals surface area contributed by atoms with E-state index >= 15 is 0 Å². The standard InChI is InChI=1S/C17H20ClN3O/c1-11-6-7-21(14(8-11)10-19)17(22)15-5-3-12-2-4-13(18)9-16(12)20-15/h2-5,9,11,14H,6-8,10,19H2,1H3. The second-order valence-electron chi connectivity index (χ2n) is 6.05. The molecule has 1 fully saturated rings. The molecule has 0 bridgehead atoms. The predicted molar refractivity (Wildman–Crippen MR) is 89.0 cm³/mol. The van der Waals surface area contributed by atoms with E-state index in [2.05, 4.69) is 11.9 Å². The number of pyridine rings is 1. The molecule has 0 aliphatic carbocycles. The number of rotatable bonds is 2. The summed E-state index contributed by atoms with van der Waals surface area (Å²) in [4.78, 5) is 19.1. The molecule has 1 aromatic heterocycles. The summed E-state index contributed by atoms with van der Waals surface area (Å²) in [5, 5.41) is 1.60. The predicted octanol–water partition coefficient (Wildman–Crippen LogP) is 3.09. The molecule has 2 N–H and O–H groups in total. The van der Waals surface area contributed by atoms with Crippen LogP contribution in [0.4, 0.5) is 0 Å². The molecular weight excluding hydrogens is 298 g/mol. The van der Waals surface area contributed by atoms with Crippen LogP contribution in [-0.4, -0.2) is 34.9 Å². The summed E-state index contributed by atoms with van der Waals surface area (Å²) in [6, 6.07) is 9.31. The van der Waals surface area contributed by atoms with Gasteiger partial charge >= 0.3 is 0 Å². The molecule has 3 rings (SSSR count). The molecule has 2 aromatic rings. The lowest BCUT2D eigenvalue weighted by Crippen LogP contribution is -2.49. The molecule has 0 spiro atoms. The highest BCUT2D eigenvalue weighted by molar-refractivity contribution is 6.31. The number of amides is 1. The van der Waals surface area contributed by atoms with Crippen molar-refractivity contribution in [2.45, 2.75) is 25.8 Å². The van der Waals surface area contributed by atoms with E-state index in [1.807, 2.05) is 23.1 Å². The molecule has 1 saturated heterocycles. The molecule has 0 saturated carbocycles. The lowest BCUT2D eigenvalue weighted by atomic mass is 9.92. The second kappa shape index (κ2) is 6.23. The highest BCUT2D eigenvalue weighted by atomic mass is 35.5. The van der Waals surface area contributed by atoms with Gasteiger partial charge in [-0.15, -0.1) is 0 Å². The van der Waals surface area contributed by atoms with Crippen molar-refractivity contribution in [2.24, 2.45) is 11.7 Å². The monoisotopic (exact) mass is 317 g/mol. The number of hydrogen-bond acceptors (Lipinski definition) is 3. The Kier molecular flexibility index (Phi) is 4.32. The van der Waals surface area contributed by atoms with E-state index in [0.29, 0.717) is 23.2 Å². The Balaban J connectivity index is 1.91. The van der Waals surface area contributed by atoms with Crippen molar-refractivity contribution in [2.75, 3.05) is 13.1 Å². The van der Waals surface area contributed by atoms with Crippen LogP contribution in [0.15, 0.2) is 30.3 Å². The van der Waals surface area contributed by atoms with Crippen molar-refractivity contribution in [1.82, 2.24) is 9.88 Å². The lowest BCUT2D eigenvalue weighted by Gasteiger charge is -2.37. The Morgan fingerprint density at radius 3 is 2.95 bits per heavy atom. The minimum Gasteiger partial charge on any atom is -0.333 e. The van der Waals surface area contributed by atoms with E-state index in [1.54, 1.807) is 12.1 Å². The van der Waals surface area contributed by atoms with Crippen LogP contribution >= 0.6 is 11.6 Å². The smallest absolute Gasteiger partial charge is 0.272 e. The number of aromatic nitrogens is 1. The van der Waals surface area contributed by atoms with Crippen LogP contribution in [0.5, 0.6) is 0 Å². The van der Waals surface area contributed by atoms with E-state index in [1.165, 1.54) is 0 Å². The highest BCUT2D eigenvalue weighted by Gasteiger charge is 2.30. The number of carbonyl (C=O) groups excluding carboxylic acids is 1. The van der Waals surface area contributed by atoms with E-state index < -0.39 is 0 Å². The van der Waals surface area contributed by atoms with Gasteiger partial charge in [0.25, 0.3) is 5.91 Å². The first kappa shape index (κ1) is 15.3. The van der Waals surface area contributed by atoms with E-state index in [-0.39, 0.29) is 11.9 Å². The van der Waals surface area contributed by atoms with E-state index in [9.17, 15) is 4.79 Å². The maximum atomic E-state index is 12.8. The summed E-state index contributed by atoms with van der Waals surface area (Å²) in [7, 11) is 0. The molecule has 22 heavy (non-hydrogen) atoms. The number of likely N-dealkylation sites (tertiary alicyclic amines) is 1. The molecule has 0 radical (unpaired) electrons. The average molecular weight is 318 g/mol. The summed E-state index contributed by atoms with van der Waals surface area (Å²) < 4.78 is 0. The van der Waals surface area contributed by atoms with Crippen LogP contribution in [0, 0.1) is 5.92 Å². The second-order valence-corrected chi connectivity index (χ2v) is 6.49. The number of nitrogens with two attached hydrogens (primary N) is 1. The van der Waals surface area contributed by atoms with Gasteiger partial charge in [-0.05, 0) is 37.0 Å². The van der Waals surface area contributed by atoms with Gasteiger partial charge in [-0.3, -0.25) is 4.79 Å². The zero-order valence-corrected chi connectivity index (χ0v) is 13.4. The fraction of sp³-hybridized carbons (Fsp3) is 0.412. The third-order valence-corrected chi connectivity index (χ3v) is 4.62. The van der Waals surface area contributed by atoms with Crippen molar-refractivity contribution >= 4 is 28.4 Å². The van der Waals surface area contributed by atoms with Crippen molar-refractivity contribution in [3.8, 4) is 0 Å². The Labute approximate surface area is 135 Å². The molecule has 1 aromatic carbocycles. The molecule has 2 unspecified atom stereocenters. The zero-order valence-electron chi connectivity index (χ0n) is 12.6. The molecule has 4 nitrogen and oxygen atoms in total. The van der Waals surface area contributed by atoms with E-state index in [4.69, 9.17) is 17.3 Å². The van der Waals surface area contributed by atoms with Crippen LogP contribution < -0.4 is 5.73 Å². The largest absolute Gasteiger partial charge is 0.333 e. The SMILES string of the molecule is CC1CCN(C(=O)c2ccc3ccc(Cl)cc3n2)C(CN)C1. The van der Waals surface area contributed by atoms with Gasteiger partial charge in [0, 0.05) is 29.5 Å². The number of hydrogen-bond donors (Lipinski definition) is 1. The van der Waals surface area contributed by atoms with Crippen LogP contribution in [0.25, 0.3) is 10.9 Å². The molecule has 5 heteroatoms. The summed E-state index contributed by atoms with van der Waals surface area (Å²) in [5.74, 6) is 0.574. The Morgan fingerprint density at radius 2 is 2.18 bits per heavy atom. The van der Waals surface area contributed by atoms with Crippen LogP contribution in [0.3, 0.4) is 0 Å². The molecule has 116 valence electrons. The van der Waals surface area contributed by atoms with Gasteiger partial charge in [-0.2, -0.15) is 0 Å². The molecule has 1 aliphatic rings. The van der Waals surface area contributed by atoms with Gasteiger partial charge in [-0.1, -0.05) is 30.7 Å². The third-order valence-electron chi connectivity index (χ3n) is 4.38. The van der Waals surface area contributed by atoms with Gasteiger partial charge < -0.3 is 10.6 Å². The number of fused-ring (bicyclic) bond motifs is 1. The van der Waals surface area contributed by atoms with E-state index in [0.717, 1.165) is 30.3 Å². The van der Waals surface area contributed by atoms with Crippen LogP contribution in [0.1, 0.15) is 30.3 Å². The first-order valence-corrected chi connectivity index (χ1v) is 8.03. The summed E-state index contributed by atoms with van der Waals surface area (Å²) in [5.41, 5.74) is 7.05. The lowest BCUT2D eigenvalue weighted by molar-refractivity contribution is 0.0568. The minimum absolute atomic E-state index is 0.0378. The topological polar surface area (TPSA) is 59.2 Å². The molecule has 1 amide bonds. The van der Waals surface area contributed by atoms with Gasteiger partial charge in [-0.25, -0.2) is 4.98 Å². The summed E-state index contributed by atoms with van der Waals surface area (Å²) in [6.07, 6.45) is 1.98. The van der Waals surface area contributed by atoms with Crippen molar-refractivity contribution in [3.05, 3.63) is 41.0 Å². The Bertz CT molecular complexity index is 703. The quantitative estimate of drug-likeness (QED) is 0.926. The maximum Gasteiger partial charge on any atom is 0.272 e. The molecular formula is C17H20ClN3O. The summed E-state index contributed by atoms with van der Waals surface area (Å²) >= 11 is 6.01. The first-order chi connectivity index (χ1) is 10.6. The summed E-state index contributed by atoms with van der Waals surface area (Å²) in [6.45, 7) is 3.45. The molecule has 2 heterocycles. The van der Waals surface area contributed by atoms with Gasteiger partial charge in [0.2, 0.25) is 0 Å². The normalized spacial score (nSPS) is 22.0. The van der Waals surface area contributed by atoms with Crippen molar-refractivity contribution in [1.29, 1.82) is 0 Å². The van der Waals surface area contributed by atoms with Crippen molar-refractivity contribution in [3.63, 3.8) is 0 Å². The number of piperidine rings is 1. The zero-order chi connectivity index (χ0) is 15.7. The Hall–Kier alpha value is -1.65. The van der Waals surface area contributed by atoms with Crippen LogP contribution in [-0.2, 0) is 0 Å². The number of benzene rings is 1. The Morgan fingerprint density at radius 1 is 1.41 bits per heavy atom. The number of carbonyl (C=O) groups is 1. The number of nitrogens with zero attached hydrogens (tertiary/aromatic N) is 2. The van der Waals surface area contributed by atoms with Crippen molar-refractivity contribution < 1.29 is 4.79 Å². The number of halogens is 1. The van der Waals surface area contributed by atoms with Gasteiger partial charge in [0.1, 0.15) is 5.69 Å². The van der Waals surface area contributed by atoms with Gasteiger partial charge in [0.15, 0.2) is 0 Å².